The molecule has 0 saturated heterocycles. The fraction of sp³-hybridized carbons (Fsp3) is 0.154. The average Bonchev–Trinajstić information content (AvgIpc) is 2.79. The van der Waals surface area contributed by atoms with E-state index in [1.807, 2.05) is 0 Å². The standard InChI is InChI=1S/C13H14N4O3/c1-9-14-4-5-17(9)8-13(20)16-15-7-10-2-3-11(18)12(19)6-10/h2-7,18-19H,8H2,1H3,(H,16,20)/b15-7-. The molecule has 2 rings (SSSR count). The third kappa shape index (κ3) is 3.35. The molecule has 1 aromatic heterocycles. The van der Waals surface area contributed by atoms with Crippen LogP contribution in [0.2, 0.25) is 0 Å². The van der Waals surface area contributed by atoms with Crippen LogP contribution in [0.1, 0.15) is 11.4 Å². The van der Waals surface area contributed by atoms with Crippen LogP contribution in [0.3, 0.4) is 0 Å². The molecule has 0 saturated carbocycles. The highest BCUT2D eigenvalue weighted by molar-refractivity contribution is 5.83. The van der Waals surface area contributed by atoms with Gasteiger partial charge in [0.1, 0.15) is 12.4 Å². The number of aromatic nitrogens is 2. The van der Waals surface area contributed by atoms with E-state index in [0.29, 0.717) is 5.56 Å². The normalized spacial score (nSPS) is 10.8. The number of hydrogen-bond acceptors (Lipinski definition) is 5. The first-order chi connectivity index (χ1) is 9.56. The summed E-state index contributed by atoms with van der Waals surface area (Å²) in [6.45, 7) is 1.93. The highest BCUT2D eigenvalue weighted by Gasteiger charge is 2.03. The Morgan fingerprint density at radius 3 is 2.90 bits per heavy atom. The maximum absolute atomic E-state index is 11.6. The van der Waals surface area contributed by atoms with Crippen molar-refractivity contribution in [2.45, 2.75) is 13.5 Å². The first-order valence-corrected chi connectivity index (χ1v) is 5.88. The Morgan fingerprint density at radius 2 is 2.25 bits per heavy atom. The van der Waals surface area contributed by atoms with E-state index in [9.17, 15) is 9.90 Å². The monoisotopic (exact) mass is 274 g/mol. The number of carbonyl (C=O) groups is 1. The number of hydrazone groups is 1. The van der Waals surface area contributed by atoms with Gasteiger partial charge in [-0.2, -0.15) is 5.10 Å². The number of amides is 1. The van der Waals surface area contributed by atoms with Gasteiger partial charge in [0.15, 0.2) is 11.5 Å². The van der Waals surface area contributed by atoms with Gasteiger partial charge in [0.2, 0.25) is 0 Å². The molecule has 3 N–H and O–H groups in total. The molecule has 0 fully saturated rings. The SMILES string of the molecule is Cc1nccn1CC(=O)N/N=C\c1ccc(O)c(O)c1. The number of aromatic hydroxyl groups is 2. The minimum absolute atomic E-state index is 0.129. The molecule has 104 valence electrons. The van der Waals surface area contributed by atoms with Crippen LogP contribution in [0, 0.1) is 6.92 Å². The maximum Gasteiger partial charge on any atom is 0.260 e. The maximum atomic E-state index is 11.6. The summed E-state index contributed by atoms with van der Waals surface area (Å²) in [7, 11) is 0. The molecule has 0 atom stereocenters. The molecule has 1 amide bonds. The van der Waals surface area contributed by atoms with Gasteiger partial charge in [-0.05, 0) is 30.7 Å². The van der Waals surface area contributed by atoms with Gasteiger partial charge in [-0.25, -0.2) is 10.4 Å². The van der Waals surface area contributed by atoms with Crippen molar-refractivity contribution in [1.29, 1.82) is 0 Å². The first-order valence-electron chi connectivity index (χ1n) is 5.88. The van der Waals surface area contributed by atoms with Crippen LogP contribution in [0.4, 0.5) is 0 Å². The van der Waals surface area contributed by atoms with E-state index in [2.05, 4.69) is 15.5 Å². The van der Waals surface area contributed by atoms with Crippen LogP contribution in [0.25, 0.3) is 0 Å². The van der Waals surface area contributed by atoms with Crippen molar-refractivity contribution in [3.05, 3.63) is 42.0 Å². The summed E-state index contributed by atoms with van der Waals surface area (Å²) in [6.07, 6.45) is 4.69. The highest BCUT2D eigenvalue weighted by Crippen LogP contribution is 2.23. The summed E-state index contributed by atoms with van der Waals surface area (Å²) in [5.74, 6) is 0.00835. The fourth-order valence-electron chi connectivity index (χ4n) is 1.56. The molecule has 0 unspecified atom stereocenters. The van der Waals surface area contributed by atoms with Gasteiger partial charge in [-0.3, -0.25) is 4.79 Å². The molecule has 0 aliphatic carbocycles. The first kappa shape index (κ1) is 13.6. The number of carbonyl (C=O) groups excluding carboxylic acids is 1. The topological polar surface area (TPSA) is 99.7 Å². The van der Waals surface area contributed by atoms with E-state index < -0.39 is 0 Å². The van der Waals surface area contributed by atoms with Crippen molar-refractivity contribution in [3.63, 3.8) is 0 Å². The van der Waals surface area contributed by atoms with Crippen LogP contribution in [-0.4, -0.2) is 31.9 Å². The smallest absolute Gasteiger partial charge is 0.260 e. The number of rotatable bonds is 4. The van der Waals surface area contributed by atoms with Crippen molar-refractivity contribution in [2.75, 3.05) is 0 Å². The van der Waals surface area contributed by atoms with E-state index in [4.69, 9.17) is 5.11 Å². The number of nitrogens with zero attached hydrogens (tertiary/aromatic N) is 3. The minimum Gasteiger partial charge on any atom is -0.504 e. The molecule has 0 bridgehead atoms. The van der Waals surface area contributed by atoms with Crippen LogP contribution >= 0.6 is 0 Å². The lowest BCUT2D eigenvalue weighted by Gasteiger charge is -2.03. The van der Waals surface area contributed by atoms with Crippen molar-refractivity contribution in [2.24, 2.45) is 5.10 Å². The van der Waals surface area contributed by atoms with E-state index in [1.54, 1.807) is 30.0 Å². The van der Waals surface area contributed by atoms with E-state index in [-0.39, 0.29) is 24.0 Å². The molecule has 2 aromatic rings. The Morgan fingerprint density at radius 1 is 1.45 bits per heavy atom. The summed E-state index contributed by atoms with van der Waals surface area (Å²) >= 11 is 0. The second-order valence-electron chi connectivity index (χ2n) is 4.14. The molecular weight excluding hydrogens is 260 g/mol. The van der Waals surface area contributed by atoms with Crippen LogP contribution in [0.15, 0.2) is 35.7 Å². The molecule has 0 aliphatic rings. The van der Waals surface area contributed by atoms with Crippen molar-refractivity contribution < 1.29 is 15.0 Å². The third-order valence-electron chi connectivity index (χ3n) is 2.64. The quantitative estimate of drug-likeness (QED) is 0.435. The summed E-state index contributed by atoms with van der Waals surface area (Å²) in [5.41, 5.74) is 2.92. The summed E-state index contributed by atoms with van der Waals surface area (Å²) in [4.78, 5) is 15.6. The van der Waals surface area contributed by atoms with Gasteiger partial charge >= 0.3 is 0 Å². The summed E-state index contributed by atoms with van der Waals surface area (Å²) < 4.78 is 1.69. The zero-order chi connectivity index (χ0) is 14.5. The Hall–Kier alpha value is -2.83. The second-order valence-corrected chi connectivity index (χ2v) is 4.14. The highest BCUT2D eigenvalue weighted by atomic mass is 16.3. The molecule has 1 aromatic carbocycles. The van der Waals surface area contributed by atoms with Gasteiger partial charge in [0.05, 0.1) is 6.21 Å². The Bertz CT molecular complexity index is 649. The van der Waals surface area contributed by atoms with Gasteiger partial charge < -0.3 is 14.8 Å². The zero-order valence-electron chi connectivity index (χ0n) is 10.8. The van der Waals surface area contributed by atoms with Crippen LogP contribution in [0.5, 0.6) is 11.5 Å². The number of aryl methyl sites for hydroxylation is 1. The summed E-state index contributed by atoms with van der Waals surface area (Å²) in [5, 5.41) is 22.2. The molecule has 0 radical (unpaired) electrons. The van der Waals surface area contributed by atoms with Crippen LogP contribution < -0.4 is 5.43 Å². The van der Waals surface area contributed by atoms with E-state index in [0.717, 1.165) is 5.82 Å². The number of benzene rings is 1. The lowest BCUT2D eigenvalue weighted by Crippen LogP contribution is -2.23. The predicted molar refractivity (Wildman–Crippen MR) is 72.5 cm³/mol. The van der Waals surface area contributed by atoms with Gasteiger partial charge in [-0.1, -0.05) is 0 Å². The van der Waals surface area contributed by atoms with Crippen molar-refractivity contribution in [3.8, 4) is 11.5 Å². The van der Waals surface area contributed by atoms with Crippen LogP contribution in [-0.2, 0) is 11.3 Å². The van der Waals surface area contributed by atoms with Crippen molar-refractivity contribution >= 4 is 12.1 Å². The molecule has 7 nitrogen and oxygen atoms in total. The number of nitrogens with one attached hydrogen (secondary N) is 1. The molecular formula is C13H14N4O3. The summed E-state index contributed by atoms with van der Waals surface area (Å²) in [6, 6.07) is 4.24. The molecule has 20 heavy (non-hydrogen) atoms. The Labute approximate surface area is 115 Å². The minimum atomic E-state index is -0.287. The van der Waals surface area contributed by atoms with Gasteiger partial charge in [-0.15, -0.1) is 0 Å². The molecule has 7 heteroatoms. The molecule has 1 heterocycles. The Kier molecular flexibility index (Phi) is 3.99. The predicted octanol–water partition coefficient (Wildman–Crippen LogP) is 0.753. The third-order valence-corrected chi connectivity index (χ3v) is 2.64. The van der Waals surface area contributed by atoms with E-state index in [1.165, 1.54) is 18.3 Å². The number of phenolic OH excluding ortho intramolecular Hbond substituents is 2. The molecule has 0 aliphatic heterocycles. The number of hydrogen-bond donors (Lipinski definition) is 3. The second kappa shape index (κ2) is 5.87. The lowest BCUT2D eigenvalue weighted by molar-refractivity contribution is -0.121. The Balaban J connectivity index is 1.91. The van der Waals surface area contributed by atoms with Gasteiger partial charge in [0, 0.05) is 12.4 Å². The molecule has 0 spiro atoms. The number of imidazole rings is 1. The largest absolute Gasteiger partial charge is 0.504 e. The average molecular weight is 274 g/mol. The zero-order valence-corrected chi connectivity index (χ0v) is 10.8. The van der Waals surface area contributed by atoms with Crippen molar-refractivity contribution in [1.82, 2.24) is 15.0 Å². The fourth-order valence-corrected chi connectivity index (χ4v) is 1.56. The van der Waals surface area contributed by atoms with Gasteiger partial charge in [0.25, 0.3) is 5.91 Å². The number of phenols is 2. The van der Waals surface area contributed by atoms with E-state index >= 15 is 0 Å². The lowest BCUT2D eigenvalue weighted by atomic mass is 10.2.